The van der Waals surface area contributed by atoms with Gasteiger partial charge in [0.1, 0.15) is 0 Å². The Kier molecular flexibility index (Phi) is 5.10. The summed E-state index contributed by atoms with van der Waals surface area (Å²) in [5, 5.41) is 0. The Bertz CT molecular complexity index is 1380. The summed E-state index contributed by atoms with van der Waals surface area (Å²) in [7, 11) is 0. The lowest BCUT2D eigenvalue weighted by atomic mass is 9.79. The molecule has 0 N–H and O–H groups in total. The van der Waals surface area contributed by atoms with Gasteiger partial charge in [-0.2, -0.15) is 0 Å². The maximum Gasteiger partial charge on any atom is 0.0495 e. The molecule has 172 valence electrons. The van der Waals surface area contributed by atoms with Crippen LogP contribution in [0.25, 0.3) is 22.3 Å². The number of para-hydroxylation sites is 1. The third-order valence-corrected chi connectivity index (χ3v) is 7.17. The van der Waals surface area contributed by atoms with E-state index in [0.29, 0.717) is 0 Å². The molecule has 4 aromatic rings. The van der Waals surface area contributed by atoms with E-state index < -0.39 is 0 Å². The summed E-state index contributed by atoms with van der Waals surface area (Å²) in [6.07, 6.45) is -0.359. The first kappa shape index (κ1) is 21.2. The lowest BCUT2D eigenvalue weighted by molar-refractivity contribution is 0.557. The summed E-state index contributed by atoms with van der Waals surface area (Å²) in [6.45, 7) is 13.4. The molecule has 1 nitrogen and oxygen atoms in total. The van der Waals surface area contributed by atoms with Crippen LogP contribution >= 0.6 is 0 Å². The normalized spacial score (nSPS) is 15.3. The minimum atomic E-state index is -0.359. The van der Waals surface area contributed by atoms with E-state index in [4.69, 9.17) is 1.37 Å². The third kappa shape index (κ3) is 3.46. The van der Waals surface area contributed by atoms with E-state index >= 15 is 0 Å². The lowest BCUT2D eigenvalue weighted by Crippen LogP contribution is -2.39. The van der Waals surface area contributed by atoms with Gasteiger partial charge in [-0.25, -0.2) is 0 Å². The van der Waals surface area contributed by atoms with E-state index in [1.165, 1.54) is 39.1 Å². The van der Waals surface area contributed by atoms with E-state index in [2.05, 4.69) is 131 Å². The number of hydrogen-bond donors (Lipinski definition) is 0. The molecule has 0 fully saturated rings. The van der Waals surface area contributed by atoms with Gasteiger partial charge in [-0.05, 0) is 72.7 Å². The topological polar surface area (TPSA) is 3.24 Å². The maximum absolute atomic E-state index is 9.06. The zero-order chi connectivity index (χ0) is 25.0. The molecule has 0 saturated carbocycles. The molecule has 0 saturated heterocycles. The molecule has 0 radical (unpaired) electrons. The monoisotopic (exact) mass is 446 g/mol. The zero-order valence-corrected chi connectivity index (χ0v) is 21.2. The SMILES string of the molecule is [2H]C(C)c1c(N(c2ccccc2-c2ccccc2)C(C)(C)C)ccc2c1C(C)(C)c1ccccc1-2. The van der Waals surface area contributed by atoms with Gasteiger partial charge in [-0.3, -0.25) is 0 Å². The first-order valence-electron chi connectivity index (χ1n) is 12.8. The summed E-state index contributed by atoms with van der Waals surface area (Å²) in [6, 6.07) is 32.6. The van der Waals surface area contributed by atoms with Crippen molar-refractivity contribution in [2.75, 3.05) is 4.90 Å². The van der Waals surface area contributed by atoms with Gasteiger partial charge in [0.15, 0.2) is 0 Å². The van der Waals surface area contributed by atoms with Crippen molar-refractivity contribution >= 4 is 11.4 Å². The summed E-state index contributed by atoms with van der Waals surface area (Å²) in [4.78, 5) is 2.45. The van der Waals surface area contributed by atoms with Gasteiger partial charge in [0, 0.05) is 29.3 Å². The Morgan fingerprint density at radius 2 is 1.32 bits per heavy atom. The standard InChI is InChI=1S/C33H35N/c1-7-24-30(22-21-27-26-18-11-13-19-28(26)33(5,6)31(24)27)34(32(2,3)4)29-20-14-12-17-25(29)23-15-9-8-10-16-23/h8-22H,7H2,1-6H3/i7D. The van der Waals surface area contributed by atoms with E-state index in [-0.39, 0.29) is 17.4 Å². The van der Waals surface area contributed by atoms with E-state index in [0.717, 1.165) is 11.3 Å². The van der Waals surface area contributed by atoms with Crippen LogP contribution in [0.2, 0.25) is 0 Å². The molecule has 0 bridgehead atoms. The number of fused-ring (bicyclic) bond motifs is 3. The predicted molar refractivity (Wildman–Crippen MR) is 147 cm³/mol. The fourth-order valence-electron chi connectivity index (χ4n) is 5.77. The summed E-state index contributed by atoms with van der Waals surface area (Å²) in [5.41, 5.74) is 10.7. The molecule has 0 aliphatic heterocycles. The van der Waals surface area contributed by atoms with Crippen molar-refractivity contribution in [3.8, 4) is 22.3 Å². The Hall–Kier alpha value is -3.32. The second kappa shape index (κ2) is 8.17. The minimum Gasteiger partial charge on any atom is -0.335 e. The molecule has 1 atom stereocenters. The van der Waals surface area contributed by atoms with Crippen LogP contribution in [0.5, 0.6) is 0 Å². The van der Waals surface area contributed by atoms with Gasteiger partial charge < -0.3 is 4.90 Å². The fraction of sp³-hybridized carbons (Fsp3) is 0.273. The Labute approximate surface area is 206 Å². The molecule has 1 unspecified atom stereocenters. The molecular weight excluding hydrogens is 410 g/mol. The van der Waals surface area contributed by atoms with Crippen molar-refractivity contribution in [1.29, 1.82) is 0 Å². The highest BCUT2D eigenvalue weighted by Crippen LogP contribution is 2.53. The average molecular weight is 447 g/mol. The van der Waals surface area contributed by atoms with Crippen LogP contribution in [0.1, 0.15) is 59.6 Å². The Morgan fingerprint density at radius 1 is 0.706 bits per heavy atom. The number of benzene rings is 4. The van der Waals surface area contributed by atoms with Crippen molar-refractivity contribution in [1.82, 2.24) is 0 Å². The lowest BCUT2D eigenvalue weighted by Gasteiger charge is -2.41. The molecule has 4 aromatic carbocycles. The largest absolute Gasteiger partial charge is 0.335 e. The first-order chi connectivity index (χ1) is 16.6. The van der Waals surface area contributed by atoms with Crippen LogP contribution in [0.4, 0.5) is 11.4 Å². The van der Waals surface area contributed by atoms with E-state index in [1.807, 2.05) is 6.92 Å². The summed E-state index contributed by atoms with van der Waals surface area (Å²) < 4.78 is 9.06. The highest BCUT2D eigenvalue weighted by Gasteiger charge is 2.39. The van der Waals surface area contributed by atoms with E-state index in [9.17, 15) is 0 Å². The van der Waals surface area contributed by atoms with E-state index in [1.54, 1.807) is 0 Å². The third-order valence-electron chi connectivity index (χ3n) is 7.17. The quantitative estimate of drug-likeness (QED) is 0.302. The minimum absolute atomic E-state index is 0.158. The van der Waals surface area contributed by atoms with Crippen molar-refractivity contribution < 1.29 is 1.37 Å². The summed E-state index contributed by atoms with van der Waals surface area (Å²) >= 11 is 0. The molecule has 1 heteroatoms. The van der Waals surface area contributed by atoms with Gasteiger partial charge in [-0.1, -0.05) is 99.6 Å². The van der Waals surface area contributed by atoms with Crippen molar-refractivity contribution in [2.45, 2.75) is 58.9 Å². The molecule has 1 aliphatic rings. The smallest absolute Gasteiger partial charge is 0.0495 e. The Morgan fingerprint density at radius 3 is 2.00 bits per heavy atom. The summed E-state index contributed by atoms with van der Waals surface area (Å²) in [5.74, 6) is 0. The fourth-order valence-corrected chi connectivity index (χ4v) is 5.77. The van der Waals surface area contributed by atoms with Gasteiger partial charge >= 0.3 is 0 Å². The Balaban J connectivity index is 1.81. The van der Waals surface area contributed by atoms with Gasteiger partial charge in [0.25, 0.3) is 0 Å². The number of rotatable bonds is 4. The average Bonchev–Trinajstić information content (AvgIpc) is 3.06. The molecule has 0 aromatic heterocycles. The maximum atomic E-state index is 9.06. The van der Waals surface area contributed by atoms with Crippen molar-refractivity contribution in [2.24, 2.45) is 0 Å². The van der Waals surface area contributed by atoms with Crippen LogP contribution in [-0.4, -0.2) is 5.54 Å². The molecule has 0 heterocycles. The van der Waals surface area contributed by atoms with Crippen LogP contribution in [-0.2, 0) is 11.8 Å². The number of anilines is 2. The van der Waals surface area contributed by atoms with Crippen LogP contribution < -0.4 is 4.90 Å². The molecular formula is C33H35N. The molecule has 1 aliphatic carbocycles. The number of hydrogen-bond acceptors (Lipinski definition) is 1. The molecule has 0 spiro atoms. The highest BCUT2D eigenvalue weighted by atomic mass is 15.2. The van der Waals surface area contributed by atoms with Crippen LogP contribution in [0.3, 0.4) is 0 Å². The molecule has 0 amide bonds. The second-order valence-corrected chi connectivity index (χ2v) is 10.8. The molecule has 34 heavy (non-hydrogen) atoms. The van der Waals surface area contributed by atoms with Crippen molar-refractivity contribution in [3.63, 3.8) is 0 Å². The van der Waals surface area contributed by atoms with Gasteiger partial charge in [0.05, 0.1) is 0 Å². The van der Waals surface area contributed by atoms with Crippen molar-refractivity contribution in [3.05, 3.63) is 108 Å². The number of nitrogens with zero attached hydrogens (tertiary/aromatic N) is 1. The highest BCUT2D eigenvalue weighted by molar-refractivity contribution is 5.89. The zero-order valence-electron chi connectivity index (χ0n) is 22.2. The van der Waals surface area contributed by atoms with Crippen LogP contribution in [0, 0.1) is 0 Å². The second-order valence-electron chi connectivity index (χ2n) is 10.8. The molecule has 5 rings (SSSR count). The van der Waals surface area contributed by atoms with Gasteiger partial charge in [-0.15, -0.1) is 0 Å². The van der Waals surface area contributed by atoms with Crippen LogP contribution in [0.15, 0.2) is 91.0 Å². The predicted octanol–water partition coefficient (Wildman–Crippen LogP) is 9.16. The van der Waals surface area contributed by atoms with Gasteiger partial charge in [0.2, 0.25) is 0 Å². The first-order valence-corrected chi connectivity index (χ1v) is 12.3.